The van der Waals surface area contributed by atoms with Gasteiger partial charge in [-0.2, -0.15) is 0 Å². The molecule has 1 amide bonds. The van der Waals surface area contributed by atoms with Gasteiger partial charge < -0.3 is 5.32 Å². The largest absolute Gasteiger partial charge is 0.353 e. The van der Waals surface area contributed by atoms with Crippen LogP contribution in [0.2, 0.25) is 0 Å². The molecule has 0 aromatic carbocycles. The van der Waals surface area contributed by atoms with Crippen molar-refractivity contribution < 1.29 is 4.79 Å². The lowest BCUT2D eigenvalue weighted by molar-refractivity contribution is -0.119. The fourth-order valence-corrected chi connectivity index (χ4v) is 3.25. The average molecular weight is 308 g/mol. The Bertz CT molecular complexity index is 577. The van der Waals surface area contributed by atoms with E-state index in [1.54, 1.807) is 11.3 Å². The highest BCUT2D eigenvalue weighted by Gasteiger charge is 2.28. The van der Waals surface area contributed by atoms with E-state index in [2.05, 4.69) is 27.4 Å². The monoisotopic (exact) mass is 308 g/mol. The number of H-pyrrole nitrogens is 1. The molecule has 106 valence electrons. The van der Waals surface area contributed by atoms with Gasteiger partial charge in [-0.15, -0.1) is 16.4 Å². The van der Waals surface area contributed by atoms with Gasteiger partial charge in [-0.1, -0.05) is 17.8 Å². The quantitative estimate of drug-likeness (QED) is 0.805. The minimum absolute atomic E-state index is 0.0527. The van der Waals surface area contributed by atoms with Crippen LogP contribution in [0.4, 0.5) is 0 Å². The highest BCUT2D eigenvalue weighted by Crippen LogP contribution is 2.32. The zero-order valence-corrected chi connectivity index (χ0v) is 12.8. The molecule has 0 aliphatic heterocycles. The van der Waals surface area contributed by atoms with Gasteiger partial charge >= 0.3 is 0 Å². The number of nitrogens with zero attached hydrogens (tertiary/aromatic N) is 2. The van der Waals surface area contributed by atoms with Gasteiger partial charge in [0.15, 0.2) is 5.82 Å². The topological polar surface area (TPSA) is 70.7 Å². The molecule has 20 heavy (non-hydrogen) atoms. The van der Waals surface area contributed by atoms with Crippen molar-refractivity contribution in [2.75, 3.05) is 5.75 Å². The van der Waals surface area contributed by atoms with Gasteiger partial charge in [0, 0.05) is 6.04 Å². The molecule has 0 radical (unpaired) electrons. The molecule has 1 aliphatic rings. The Hall–Kier alpha value is -1.34. The molecule has 2 N–H and O–H groups in total. The Kier molecular flexibility index (Phi) is 4.07. The van der Waals surface area contributed by atoms with E-state index in [-0.39, 0.29) is 11.9 Å². The Morgan fingerprint density at radius 1 is 1.65 bits per heavy atom. The van der Waals surface area contributed by atoms with E-state index >= 15 is 0 Å². The summed E-state index contributed by atoms with van der Waals surface area (Å²) in [5.74, 6) is 1.85. The van der Waals surface area contributed by atoms with Crippen molar-refractivity contribution >= 4 is 29.0 Å². The van der Waals surface area contributed by atoms with E-state index in [0.717, 1.165) is 10.7 Å². The lowest BCUT2D eigenvalue weighted by Gasteiger charge is -2.11. The summed E-state index contributed by atoms with van der Waals surface area (Å²) < 4.78 is 0. The highest BCUT2D eigenvalue weighted by atomic mass is 32.2. The van der Waals surface area contributed by atoms with Gasteiger partial charge in [-0.25, -0.2) is 4.98 Å². The molecule has 1 saturated carbocycles. The van der Waals surface area contributed by atoms with Gasteiger partial charge in [0.25, 0.3) is 0 Å². The summed E-state index contributed by atoms with van der Waals surface area (Å²) in [6, 6.07) is 4.25. The number of rotatable bonds is 6. The maximum absolute atomic E-state index is 11.8. The zero-order chi connectivity index (χ0) is 13.9. The average Bonchev–Trinajstić information content (AvgIpc) is 2.96. The minimum Gasteiger partial charge on any atom is -0.353 e. The first-order valence-electron chi connectivity index (χ1n) is 6.61. The molecule has 1 atom stereocenters. The Morgan fingerprint density at radius 3 is 3.20 bits per heavy atom. The van der Waals surface area contributed by atoms with E-state index in [9.17, 15) is 4.79 Å². The first kappa shape index (κ1) is 13.6. The third-order valence-electron chi connectivity index (χ3n) is 3.27. The third-order valence-corrected chi connectivity index (χ3v) is 4.99. The van der Waals surface area contributed by atoms with Crippen LogP contribution in [0.5, 0.6) is 0 Å². The van der Waals surface area contributed by atoms with Crippen LogP contribution in [-0.2, 0) is 4.79 Å². The summed E-state index contributed by atoms with van der Waals surface area (Å²) in [5.41, 5.74) is 0. The van der Waals surface area contributed by atoms with Crippen molar-refractivity contribution in [3.8, 4) is 10.7 Å². The summed E-state index contributed by atoms with van der Waals surface area (Å²) >= 11 is 2.97. The van der Waals surface area contributed by atoms with Crippen LogP contribution in [-0.4, -0.2) is 32.9 Å². The molecule has 2 heterocycles. The van der Waals surface area contributed by atoms with Crippen molar-refractivity contribution in [1.82, 2.24) is 20.5 Å². The Balaban J connectivity index is 1.49. The number of carbonyl (C=O) groups excluding carboxylic acids is 1. The van der Waals surface area contributed by atoms with Gasteiger partial charge in [-0.05, 0) is 37.1 Å². The first-order valence-corrected chi connectivity index (χ1v) is 8.47. The number of hydrogen-bond donors (Lipinski definition) is 2. The molecule has 1 fully saturated rings. The molecular formula is C13H16N4OS2. The van der Waals surface area contributed by atoms with Crippen molar-refractivity contribution in [2.45, 2.75) is 31.0 Å². The Morgan fingerprint density at radius 2 is 2.50 bits per heavy atom. The van der Waals surface area contributed by atoms with Crippen molar-refractivity contribution in [1.29, 1.82) is 0 Å². The van der Waals surface area contributed by atoms with Crippen LogP contribution >= 0.6 is 23.1 Å². The zero-order valence-electron chi connectivity index (χ0n) is 11.1. The maximum Gasteiger partial charge on any atom is 0.230 e. The molecule has 1 aliphatic carbocycles. The van der Waals surface area contributed by atoms with Gasteiger partial charge in [0.05, 0.1) is 10.6 Å². The van der Waals surface area contributed by atoms with Crippen molar-refractivity contribution in [3.05, 3.63) is 17.5 Å². The van der Waals surface area contributed by atoms with E-state index in [1.165, 1.54) is 24.6 Å². The number of hydrogen-bond acceptors (Lipinski definition) is 5. The van der Waals surface area contributed by atoms with Gasteiger partial charge in [-0.3, -0.25) is 9.89 Å². The standard InChI is InChI=1S/C13H16N4OS2/c1-8(9-4-5-9)14-11(18)7-20-13-15-12(16-17-13)10-3-2-6-19-10/h2-3,6,8-9H,4-5,7H2,1H3,(H,14,18)(H,15,16,17). The number of nitrogens with one attached hydrogen (secondary N) is 2. The fourth-order valence-electron chi connectivity index (χ4n) is 1.97. The highest BCUT2D eigenvalue weighted by molar-refractivity contribution is 7.99. The molecular weight excluding hydrogens is 292 g/mol. The molecule has 2 aromatic heterocycles. The number of amides is 1. The van der Waals surface area contributed by atoms with Crippen LogP contribution in [0.25, 0.3) is 10.7 Å². The summed E-state index contributed by atoms with van der Waals surface area (Å²) in [6.07, 6.45) is 2.47. The van der Waals surface area contributed by atoms with Crippen LogP contribution in [0.3, 0.4) is 0 Å². The lowest BCUT2D eigenvalue weighted by atomic mass is 10.2. The summed E-state index contributed by atoms with van der Waals surface area (Å²) in [4.78, 5) is 17.2. The van der Waals surface area contributed by atoms with E-state index in [0.29, 0.717) is 16.8 Å². The third kappa shape index (κ3) is 3.40. The second-order valence-corrected chi connectivity index (χ2v) is 6.82. The predicted molar refractivity (Wildman–Crippen MR) is 80.7 cm³/mol. The van der Waals surface area contributed by atoms with Gasteiger partial charge in [0.1, 0.15) is 0 Å². The van der Waals surface area contributed by atoms with Crippen molar-refractivity contribution in [2.24, 2.45) is 5.92 Å². The predicted octanol–water partition coefficient (Wildman–Crippen LogP) is 2.54. The number of aromatic nitrogens is 3. The maximum atomic E-state index is 11.8. The second kappa shape index (κ2) is 5.97. The van der Waals surface area contributed by atoms with Crippen molar-refractivity contribution in [3.63, 3.8) is 0 Å². The molecule has 0 spiro atoms. The fraction of sp³-hybridized carbons (Fsp3) is 0.462. The molecule has 0 saturated heterocycles. The normalized spacial score (nSPS) is 16.1. The SMILES string of the molecule is CC(NC(=O)CSc1n[nH]c(-c2cccs2)n1)C1CC1. The minimum atomic E-state index is 0.0527. The van der Waals surface area contributed by atoms with Crippen LogP contribution in [0.1, 0.15) is 19.8 Å². The summed E-state index contributed by atoms with van der Waals surface area (Å²) in [5, 5.41) is 12.7. The molecule has 7 heteroatoms. The van der Waals surface area contributed by atoms with Crippen LogP contribution in [0, 0.1) is 5.92 Å². The number of carbonyl (C=O) groups is 1. The van der Waals surface area contributed by atoms with Gasteiger partial charge in [0.2, 0.25) is 11.1 Å². The number of thioether (sulfide) groups is 1. The van der Waals surface area contributed by atoms with E-state index in [1.807, 2.05) is 17.5 Å². The second-order valence-electron chi connectivity index (χ2n) is 4.93. The number of thiophene rings is 1. The molecule has 5 nitrogen and oxygen atoms in total. The van der Waals surface area contributed by atoms with E-state index < -0.39 is 0 Å². The Labute approximate surface area is 125 Å². The summed E-state index contributed by atoms with van der Waals surface area (Å²) in [6.45, 7) is 2.07. The lowest BCUT2D eigenvalue weighted by Crippen LogP contribution is -2.35. The first-order chi connectivity index (χ1) is 9.72. The van der Waals surface area contributed by atoms with Crippen LogP contribution in [0.15, 0.2) is 22.7 Å². The number of aromatic amines is 1. The molecule has 3 rings (SSSR count). The molecule has 2 aromatic rings. The molecule has 0 bridgehead atoms. The summed E-state index contributed by atoms with van der Waals surface area (Å²) in [7, 11) is 0. The molecule has 1 unspecified atom stereocenters. The van der Waals surface area contributed by atoms with Crippen LogP contribution < -0.4 is 5.32 Å². The smallest absolute Gasteiger partial charge is 0.230 e. The van der Waals surface area contributed by atoms with E-state index in [4.69, 9.17) is 0 Å².